The van der Waals surface area contributed by atoms with Gasteiger partial charge in [0.1, 0.15) is 0 Å². The maximum absolute atomic E-state index is 11.8. The van der Waals surface area contributed by atoms with Gasteiger partial charge in [-0.05, 0) is 18.6 Å². The average Bonchev–Trinajstić information content (AvgIpc) is 2.71. The molecule has 1 saturated heterocycles. The highest BCUT2D eigenvalue weighted by Gasteiger charge is 2.31. The topological polar surface area (TPSA) is 78.1 Å². The fraction of sp³-hybridized carbons (Fsp3) is 0.500. The van der Waals surface area contributed by atoms with Crippen LogP contribution in [-0.2, 0) is 0 Å². The van der Waals surface area contributed by atoms with Crippen molar-refractivity contribution in [2.75, 3.05) is 5.32 Å². The van der Waals surface area contributed by atoms with Crippen molar-refractivity contribution >= 4 is 11.7 Å². The van der Waals surface area contributed by atoms with Gasteiger partial charge in [0.15, 0.2) is 0 Å². The highest BCUT2D eigenvalue weighted by molar-refractivity contribution is 5.89. The SMILES string of the molecule is CCC1NNC(NC(=O)Nc2ccncc2)C1C. The van der Waals surface area contributed by atoms with Gasteiger partial charge in [-0.3, -0.25) is 10.4 Å². The molecule has 0 saturated carbocycles. The lowest BCUT2D eigenvalue weighted by Gasteiger charge is -2.19. The Balaban J connectivity index is 1.85. The van der Waals surface area contributed by atoms with Crippen molar-refractivity contribution in [2.24, 2.45) is 5.92 Å². The van der Waals surface area contributed by atoms with Gasteiger partial charge in [-0.15, -0.1) is 0 Å². The Morgan fingerprint density at radius 2 is 2.11 bits per heavy atom. The Hall–Kier alpha value is -1.66. The summed E-state index contributed by atoms with van der Waals surface area (Å²) in [6.45, 7) is 4.23. The zero-order chi connectivity index (χ0) is 13.0. The standard InChI is InChI=1S/C12H19N5O/c1-3-10-8(2)11(17-16-10)15-12(18)14-9-4-6-13-7-5-9/h4-8,10-11,16-17H,3H2,1-2H3,(H2,13,14,15,18). The van der Waals surface area contributed by atoms with E-state index in [2.05, 4.69) is 40.3 Å². The van der Waals surface area contributed by atoms with Crippen LogP contribution in [0.4, 0.5) is 10.5 Å². The van der Waals surface area contributed by atoms with Crippen LogP contribution in [0.5, 0.6) is 0 Å². The number of rotatable bonds is 3. The summed E-state index contributed by atoms with van der Waals surface area (Å²) in [5.74, 6) is 0.346. The quantitative estimate of drug-likeness (QED) is 0.646. The molecular formula is C12H19N5O. The van der Waals surface area contributed by atoms with E-state index in [1.165, 1.54) is 0 Å². The number of urea groups is 1. The third kappa shape index (κ3) is 2.96. The van der Waals surface area contributed by atoms with Gasteiger partial charge in [0.2, 0.25) is 0 Å². The summed E-state index contributed by atoms with van der Waals surface area (Å²) in [6.07, 6.45) is 4.25. The molecule has 1 aliphatic rings. The maximum atomic E-state index is 11.8. The van der Waals surface area contributed by atoms with E-state index in [9.17, 15) is 4.79 Å². The molecule has 2 heterocycles. The maximum Gasteiger partial charge on any atom is 0.320 e. The van der Waals surface area contributed by atoms with E-state index in [1.54, 1.807) is 24.5 Å². The number of carbonyl (C=O) groups excluding carboxylic acids is 1. The second-order valence-electron chi connectivity index (χ2n) is 4.47. The van der Waals surface area contributed by atoms with Gasteiger partial charge >= 0.3 is 6.03 Å². The average molecular weight is 249 g/mol. The zero-order valence-corrected chi connectivity index (χ0v) is 10.6. The van der Waals surface area contributed by atoms with Crippen LogP contribution in [0.1, 0.15) is 20.3 Å². The number of anilines is 1. The van der Waals surface area contributed by atoms with E-state index >= 15 is 0 Å². The summed E-state index contributed by atoms with van der Waals surface area (Å²) in [6, 6.07) is 3.66. The molecule has 2 amide bonds. The highest BCUT2D eigenvalue weighted by atomic mass is 16.2. The monoisotopic (exact) mass is 249 g/mol. The molecule has 6 nitrogen and oxygen atoms in total. The minimum absolute atomic E-state index is 0.0585. The predicted octanol–water partition coefficient (Wildman–Crippen LogP) is 1.05. The molecule has 0 aliphatic carbocycles. The Labute approximate surface area is 107 Å². The molecule has 0 radical (unpaired) electrons. The summed E-state index contributed by atoms with van der Waals surface area (Å²) in [4.78, 5) is 15.7. The van der Waals surface area contributed by atoms with Gasteiger partial charge in [0.25, 0.3) is 0 Å². The number of pyridine rings is 1. The van der Waals surface area contributed by atoms with E-state index in [0.29, 0.717) is 12.0 Å². The molecule has 0 bridgehead atoms. The number of aromatic nitrogens is 1. The Morgan fingerprint density at radius 1 is 1.39 bits per heavy atom. The summed E-state index contributed by atoms with van der Waals surface area (Å²) >= 11 is 0. The molecule has 1 aliphatic heterocycles. The molecule has 0 spiro atoms. The summed E-state index contributed by atoms with van der Waals surface area (Å²) in [5.41, 5.74) is 6.99. The first-order valence-corrected chi connectivity index (χ1v) is 6.19. The van der Waals surface area contributed by atoms with E-state index in [-0.39, 0.29) is 12.2 Å². The van der Waals surface area contributed by atoms with Gasteiger partial charge in [0, 0.05) is 30.0 Å². The van der Waals surface area contributed by atoms with Crippen LogP contribution >= 0.6 is 0 Å². The molecule has 3 unspecified atom stereocenters. The van der Waals surface area contributed by atoms with Gasteiger partial charge in [-0.2, -0.15) is 0 Å². The second kappa shape index (κ2) is 5.79. The Morgan fingerprint density at radius 3 is 2.72 bits per heavy atom. The molecule has 2 rings (SSSR count). The third-order valence-electron chi connectivity index (χ3n) is 3.25. The first kappa shape index (κ1) is 12.8. The lowest BCUT2D eigenvalue weighted by Crippen LogP contribution is -2.48. The number of carbonyl (C=O) groups is 1. The van der Waals surface area contributed by atoms with Crippen molar-refractivity contribution in [3.63, 3.8) is 0 Å². The van der Waals surface area contributed by atoms with Crippen molar-refractivity contribution in [1.82, 2.24) is 21.2 Å². The smallest absolute Gasteiger partial charge is 0.320 e. The largest absolute Gasteiger partial charge is 0.321 e. The molecule has 0 aromatic carbocycles. The summed E-state index contributed by atoms with van der Waals surface area (Å²) in [5, 5.41) is 5.66. The van der Waals surface area contributed by atoms with Crippen LogP contribution in [0.15, 0.2) is 24.5 Å². The number of amides is 2. The number of hydrogen-bond acceptors (Lipinski definition) is 4. The van der Waals surface area contributed by atoms with Crippen LogP contribution < -0.4 is 21.5 Å². The number of hydrazine groups is 1. The van der Waals surface area contributed by atoms with E-state index < -0.39 is 0 Å². The van der Waals surface area contributed by atoms with Crippen molar-refractivity contribution in [3.05, 3.63) is 24.5 Å². The van der Waals surface area contributed by atoms with E-state index in [0.717, 1.165) is 12.1 Å². The zero-order valence-electron chi connectivity index (χ0n) is 10.6. The first-order chi connectivity index (χ1) is 8.70. The van der Waals surface area contributed by atoms with Crippen molar-refractivity contribution in [2.45, 2.75) is 32.5 Å². The Bertz CT molecular complexity index is 397. The highest BCUT2D eigenvalue weighted by Crippen LogP contribution is 2.14. The van der Waals surface area contributed by atoms with Crippen LogP contribution in [0.2, 0.25) is 0 Å². The fourth-order valence-electron chi connectivity index (χ4n) is 2.08. The first-order valence-electron chi connectivity index (χ1n) is 6.19. The van der Waals surface area contributed by atoms with Crippen molar-refractivity contribution < 1.29 is 4.79 Å². The minimum Gasteiger partial charge on any atom is -0.321 e. The number of nitrogens with zero attached hydrogens (tertiary/aromatic N) is 1. The molecule has 1 fully saturated rings. The molecule has 1 aromatic heterocycles. The lowest BCUT2D eigenvalue weighted by molar-refractivity contribution is 0.243. The Kier molecular flexibility index (Phi) is 4.11. The molecule has 3 atom stereocenters. The van der Waals surface area contributed by atoms with Gasteiger partial charge in [0.05, 0.1) is 6.17 Å². The third-order valence-corrected chi connectivity index (χ3v) is 3.25. The molecule has 18 heavy (non-hydrogen) atoms. The summed E-state index contributed by atoms with van der Waals surface area (Å²) in [7, 11) is 0. The van der Waals surface area contributed by atoms with Crippen LogP contribution in [0.3, 0.4) is 0 Å². The van der Waals surface area contributed by atoms with E-state index in [4.69, 9.17) is 0 Å². The van der Waals surface area contributed by atoms with Crippen LogP contribution in [0, 0.1) is 5.92 Å². The van der Waals surface area contributed by atoms with Gasteiger partial charge < -0.3 is 10.6 Å². The fourth-order valence-corrected chi connectivity index (χ4v) is 2.08. The summed E-state index contributed by atoms with van der Waals surface area (Å²) < 4.78 is 0. The minimum atomic E-state index is -0.218. The predicted molar refractivity (Wildman–Crippen MR) is 69.7 cm³/mol. The normalized spacial score (nSPS) is 26.9. The molecule has 4 N–H and O–H groups in total. The molecular weight excluding hydrogens is 230 g/mol. The number of hydrogen-bond donors (Lipinski definition) is 4. The van der Waals surface area contributed by atoms with Gasteiger partial charge in [-0.25, -0.2) is 10.2 Å². The molecule has 1 aromatic rings. The van der Waals surface area contributed by atoms with Gasteiger partial charge in [-0.1, -0.05) is 13.8 Å². The number of nitrogens with one attached hydrogen (secondary N) is 4. The van der Waals surface area contributed by atoms with E-state index in [1.807, 2.05) is 0 Å². The second-order valence-corrected chi connectivity index (χ2v) is 4.47. The van der Waals surface area contributed by atoms with Crippen LogP contribution in [-0.4, -0.2) is 23.2 Å². The molecule has 6 heteroatoms. The van der Waals surface area contributed by atoms with Crippen molar-refractivity contribution in [3.8, 4) is 0 Å². The van der Waals surface area contributed by atoms with Crippen LogP contribution in [0.25, 0.3) is 0 Å². The molecule has 98 valence electrons. The van der Waals surface area contributed by atoms with Crippen molar-refractivity contribution in [1.29, 1.82) is 0 Å². The lowest BCUT2D eigenvalue weighted by atomic mass is 9.99.